The van der Waals surface area contributed by atoms with Gasteiger partial charge in [-0.15, -0.1) is 0 Å². The number of amides is 1. The summed E-state index contributed by atoms with van der Waals surface area (Å²) in [6.45, 7) is 2.30. The van der Waals surface area contributed by atoms with Gasteiger partial charge in [-0.05, 0) is 31.9 Å². The second kappa shape index (κ2) is 7.03. The van der Waals surface area contributed by atoms with Crippen LogP contribution in [0.2, 0.25) is 0 Å². The van der Waals surface area contributed by atoms with Gasteiger partial charge in [0.15, 0.2) is 5.82 Å². The Bertz CT molecular complexity index is 710. The number of rotatable bonds is 4. The standard InChI is InChI=1S/C17H22BrN5O/c1-17(19)9-3-2-4-13(17)16(24)20-10-14-21-15(23-22-14)11-5-7-12(18)8-6-11/h5-8,13H,2-4,9-10,19H2,1H3,(H,20,24)(H,21,22,23). The van der Waals surface area contributed by atoms with Gasteiger partial charge in [0.1, 0.15) is 5.82 Å². The Balaban J connectivity index is 1.61. The largest absolute Gasteiger partial charge is 0.349 e. The number of aromatic nitrogens is 3. The summed E-state index contributed by atoms with van der Waals surface area (Å²) in [6, 6.07) is 7.77. The van der Waals surface area contributed by atoms with Crippen molar-refractivity contribution >= 4 is 21.8 Å². The summed E-state index contributed by atoms with van der Waals surface area (Å²) in [6.07, 6.45) is 3.89. The Morgan fingerprint density at radius 1 is 1.42 bits per heavy atom. The van der Waals surface area contributed by atoms with Crippen molar-refractivity contribution in [2.75, 3.05) is 0 Å². The number of H-pyrrole nitrogens is 1. The van der Waals surface area contributed by atoms with E-state index in [1.165, 1.54) is 0 Å². The van der Waals surface area contributed by atoms with Crippen LogP contribution in [0.4, 0.5) is 0 Å². The zero-order chi connectivity index (χ0) is 17.2. The van der Waals surface area contributed by atoms with Gasteiger partial charge in [-0.2, -0.15) is 5.10 Å². The van der Waals surface area contributed by atoms with Crippen LogP contribution in [0.5, 0.6) is 0 Å². The number of halogens is 1. The molecule has 7 heteroatoms. The first-order chi connectivity index (χ1) is 11.5. The van der Waals surface area contributed by atoms with E-state index in [0.29, 0.717) is 18.2 Å². The van der Waals surface area contributed by atoms with Gasteiger partial charge < -0.3 is 11.1 Å². The van der Waals surface area contributed by atoms with Crippen LogP contribution in [0.1, 0.15) is 38.4 Å². The number of carbonyl (C=O) groups excluding carboxylic acids is 1. The number of benzene rings is 1. The second-order valence-corrected chi connectivity index (χ2v) is 7.55. The fourth-order valence-electron chi connectivity index (χ4n) is 3.19. The fraction of sp³-hybridized carbons (Fsp3) is 0.471. The SMILES string of the molecule is CC1(N)CCCCC1C(=O)NCc1nc(-c2ccc(Br)cc2)n[nH]1. The minimum Gasteiger partial charge on any atom is -0.349 e. The molecule has 0 spiro atoms. The molecule has 1 fully saturated rings. The third-order valence-corrected chi connectivity index (χ3v) is 5.16. The van der Waals surface area contributed by atoms with Gasteiger partial charge in [0.2, 0.25) is 5.91 Å². The van der Waals surface area contributed by atoms with Crippen LogP contribution in [0.15, 0.2) is 28.7 Å². The van der Waals surface area contributed by atoms with E-state index in [1.54, 1.807) is 0 Å². The van der Waals surface area contributed by atoms with Crippen molar-refractivity contribution in [1.82, 2.24) is 20.5 Å². The lowest BCUT2D eigenvalue weighted by molar-refractivity contribution is -0.128. The molecule has 1 amide bonds. The maximum Gasteiger partial charge on any atom is 0.225 e. The number of nitrogens with one attached hydrogen (secondary N) is 2. The molecule has 2 unspecified atom stereocenters. The van der Waals surface area contributed by atoms with E-state index in [9.17, 15) is 4.79 Å². The normalized spacial score (nSPS) is 23.9. The minimum atomic E-state index is -0.424. The Morgan fingerprint density at radius 2 is 2.17 bits per heavy atom. The summed E-state index contributed by atoms with van der Waals surface area (Å²) < 4.78 is 1.01. The number of nitrogens with two attached hydrogens (primary N) is 1. The van der Waals surface area contributed by atoms with E-state index < -0.39 is 5.54 Å². The second-order valence-electron chi connectivity index (χ2n) is 6.63. The van der Waals surface area contributed by atoms with Crippen LogP contribution >= 0.6 is 15.9 Å². The van der Waals surface area contributed by atoms with E-state index in [4.69, 9.17) is 5.73 Å². The van der Waals surface area contributed by atoms with Crippen LogP contribution in [0.25, 0.3) is 11.4 Å². The highest BCUT2D eigenvalue weighted by Gasteiger charge is 2.37. The first-order valence-corrected chi connectivity index (χ1v) is 8.99. The van der Waals surface area contributed by atoms with Crippen molar-refractivity contribution < 1.29 is 4.79 Å². The van der Waals surface area contributed by atoms with Crippen molar-refractivity contribution in [3.63, 3.8) is 0 Å². The molecule has 2 atom stereocenters. The molecule has 3 rings (SSSR count). The predicted molar refractivity (Wildman–Crippen MR) is 95.9 cm³/mol. The fourth-order valence-corrected chi connectivity index (χ4v) is 3.45. The lowest BCUT2D eigenvalue weighted by atomic mass is 9.74. The average Bonchev–Trinajstić information content (AvgIpc) is 3.02. The van der Waals surface area contributed by atoms with Gasteiger partial charge in [0, 0.05) is 15.6 Å². The quantitative estimate of drug-likeness (QED) is 0.746. The maximum absolute atomic E-state index is 12.4. The third-order valence-electron chi connectivity index (χ3n) is 4.63. The molecule has 128 valence electrons. The van der Waals surface area contributed by atoms with Crippen LogP contribution in [0.3, 0.4) is 0 Å². The highest BCUT2D eigenvalue weighted by molar-refractivity contribution is 9.10. The topological polar surface area (TPSA) is 96.7 Å². The molecule has 0 saturated heterocycles. The monoisotopic (exact) mass is 391 g/mol. The molecular weight excluding hydrogens is 370 g/mol. The van der Waals surface area contributed by atoms with Gasteiger partial charge in [-0.3, -0.25) is 9.89 Å². The molecule has 4 N–H and O–H groups in total. The molecule has 1 aliphatic rings. The first kappa shape index (κ1) is 17.1. The molecule has 1 aromatic carbocycles. The molecule has 2 aromatic rings. The van der Waals surface area contributed by atoms with Crippen molar-refractivity contribution in [2.24, 2.45) is 11.7 Å². The van der Waals surface area contributed by atoms with E-state index in [-0.39, 0.29) is 11.8 Å². The van der Waals surface area contributed by atoms with Gasteiger partial charge in [0.25, 0.3) is 0 Å². The van der Waals surface area contributed by atoms with E-state index in [0.717, 1.165) is 35.7 Å². The number of carbonyl (C=O) groups is 1. The van der Waals surface area contributed by atoms with E-state index >= 15 is 0 Å². The lowest BCUT2D eigenvalue weighted by Gasteiger charge is -2.37. The lowest BCUT2D eigenvalue weighted by Crippen LogP contribution is -2.52. The van der Waals surface area contributed by atoms with Crippen molar-refractivity contribution in [2.45, 2.75) is 44.7 Å². The summed E-state index contributed by atoms with van der Waals surface area (Å²) in [5, 5.41) is 10.0. The first-order valence-electron chi connectivity index (χ1n) is 8.19. The average molecular weight is 392 g/mol. The van der Waals surface area contributed by atoms with Gasteiger partial charge in [0.05, 0.1) is 12.5 Å². The summed E-state index contributed by atoms with van der Waals surface area (Å²) in [5.74, 6) is 1.12. The predicted octanol–water partition coefficient (Wildman–Crippen LogP) is 2.76. The molecule has 0 aliphatic heterocycles. The molecular formula is C17H22BrN5O. The van der Waals surface area contributed by atoms with Crippen LogP contribution in [-0.4, -0.2) is 26.6 Å². The number of hydrogen-bond donors (Lipinski definition) is 3. The van der Waals surface area contributed by atoms with E-state index in [2.05, 4.69) is 36.4 Å². The minimum absolute atomic E-state index is 0.00120. The van der Waals surface area contributed by atoms with Gasteiger partial charge >= 0.3 is 0 Å². The molecule has 1 aromatic heterocycles. The summed E-state index contributed by atoms with van der Waals surface area (Å²) in [4.78, 5) is 16.9. The molecule has 1 heterocycles. The van der Waals surface area contributed by atoms with Crippen LogP contribution in [0, 0.1) is 5.92 Å². The van der Waals surface area contributed by atoms with E-state index in [1.807, 2.05) is 31.2 Å². The van der Waals surface area contributed by atoms with Crippen molar-refractivity contribution in [3.05, 3.63) is 34.6 Å². The molecule has 6 nitrogen and oxygen atoms in total. The molecule has 24 heavy (non-hydrogen) atoms. The highest BCUT2D eigenvalue weighted by Crippen LogP contribution is 2.31. The number of nitrogens with zero attached hydrogens (tertiary/aromatic N) is 2. The molecule has 0 bridgehead atoms. The van der Waals surface area contributed by atoms with Crippen molar-refractivity contribution in [3.8, 4) is 11.4 Å². The molecule has 0 radical (unpaired) electrons. The Kier molecular flexibility index (Phi) is 5.01. The van der Waals surface area contributed by atoms with Crippen LogP contribution in [-0.2, 0) is 11.3 Å². The summed E-state index contributed by atoms with van der Waals surface area (Å²) in [5.41, 5.74) is 6.78. The van der Waals surface area contributed by atoms with Gasteiger partial charge in [-0.25, -0.2) is 4.98 Å². The van der Waals surface area contributed by atoms with Gasteiger partial charge in [-0.1, -0.05) is 40.9 Å². The smallest absolute Gasteiger partial charge is 0.225 e. The molecule has 1 saturated carbocycles. The van der Waals surface area contributed by atoms with Crippen molar-refractivity contribution in [1.29, 1.82) is 0 Å². The Labute approximate surface area is 149 Å². The maximum atomic E-state index is 12.4. The zero-order valence-corrected chi connectivity index (χ0v) is 15.3. The Hall–Kier alpha value is -1.73. The third kappa shape index (κ3) is 3.84. The number of aromatic amines is 1. The highest BCUT2D eigenvalue weighted by atomic mass is 79.9. The summed E-state index contributed by atoms with van der Waals surface area (Å²) in [7, 11) is 0. The number of hydrogen-bond acceptors (Lipinski definition) is 4. The Morgan fingerprint density at radius 3 is 2.88 bits per heavy atom. The summed E-state index contributed by atoms with van der Waals surface area (Å²) >= 11 is 3.40. The van der Waals surface area contributed by atoms with Crippen LogP contribution < -0.4 is 11.1 Å². The zero-order valence-electron chi connectivity index (χ0n) is 13.7. The molecule has 1 aliphatic carbocycles.